The smallest absolute Gasteiger partial charge is 0.294 e. The van der Waals surface area contributed by atoms with Crippen molar-refractivity contribution in [1.82, 2.24) is 10.2 Å². The van der Waals surface area contributed by atoms with Crippen molar-refractivity contribution in [3.63, 3.8) is 0 Å². The Labute approximate surface area is 181 Å². The second kappa shape index (κ2) is 9.32. The van der Waals surface area contributed by atoms with Gasteiger partial charge < -0.3 is 15.0 Å². The SMILES string of the molecule is O=C(CN1C(=O)C(=Cc2cccc(Cl)c2)Oc2ccccc21)NCCN1CCCC1. The average molecular weight is 426 g/mol. The number of halogens is 1. The van der Waals surface area contributed by atoms with Crippen molar-refractivity contribution in [2.75, 3.05) is 37.6 Å². The van der Waals surface area contributed by atoms with Crippen LogP contribution in [0.2, 0.25) is 5.02 Å². The van der Waals surface area contributed by atoms with Gasteiger partial charge in [-0.1, -0.05) is 35.9 Å². The fraction of sp³-hybridized carbons (Fsp3) is 0.304. The topological polar surface area (TPSA) is 61.9 Å². The van der Waals surface area contributed by atoms with E-state index in [1.807, 2.05) is 24.3 Å². The van der Waals surface area contributed by atoms with E-state index in [9.17, 15) is 9.59 Å². The standard InChI is InChI=1S/C23H24ClN3O3/c24-18-7-5-6-17(14-18)15-21-23(29)27(19-8-1-2-9-20(19)30-21)16-22(28)25-10-13-26-11-3-4-12-26/h1-2,5-9,14-15H,3-4,10-13,16H2,(H,25,28). The molecule has 2 aliphatic rings. The minimum atomic E-state index is -0.358. The van der Waals surface area contributed by atoms with Crippen LogP contribution in [-0.2, 0) is 9.59 Å². The number of anilines is 1. The van der Waals surface area contributed by atoms with E-state index in [2.05, 4.69) is 10.2 Å². The number of benzene rings is 2. The quantitative estimate of drug-likeness (QED) is 0.721. The molecule has 2 aromatic carbocycles. The fourth-order valence-electron chi connectivity index (χ4n) is 3.73. The molecule has 0 atom stereocenters. The van der Waals surface area contributed by atoms with Crippen LogP contribution in [0.3, 0.4) is 0 Å². The van der Waals surface area contributed by atoms with Gasteiger partial charge >= 0.3 is 0 Å². The third kappa shape index (κ3) is 4.83. The van der Waals surface area contributed by atoms with Crippen molar-refractivity contribution in [2.45, 2.75) is 12.8 Å². The highest BCUT2D eigenvalue weighted by atomic mass is 35.5. The van der Waals surface area contributed by atoms with Crippen LogP contribution >= 0.6 is 11.6 Å². The number of carbonyl (C=O) groups excluding carboxylic acids is 2. The largest absolute Gasteiger partial charge is 0.449 e. The van der Waals surface area contributed by atoms with Gasteiger partial charge in [-0.15, -0.1) is 0 Å². The third-order valence-corrected chi connectivity index (χ3v) is 5.46. The molecule has 6 nitrogen and oxygen atoms in total. The lowest BCUT2D eigenvalue weighted by Crippen LogP contribution is -2.45. The molecule has 0 saturated carbocycles. The van der Waals surface area contributed by atoms with Crippen LogP contribution in [-0.4, -0.2) is 49.4 Å². The van der Waals surface area contributed by atoms with Crippen LogP contribution in [0.5, 0.6) is 5.75 Å². The maximum atomic E-state index is 13.1. The van der Waals surface area contributed by atoms with Crippen molar-refractivity contribution >= 4 is 35.2 Å². The van der Waals surface area contributed by atoms with E-state index in [-0.39, 0.29) is 24.1 Å². The maximum absolute atomic E-state index is 13.1. The molecule has 1 fully saturated rings. The van der Waals surface area contributed by atoms with Crippen LogP contribution in [0.1, 0.15) is 18.4 Å². The van der Waals surface area contributed by atoms with Crippen LogP contribution in [0.4, 0.5) is 5.69 Å². The van der Waals surface area contributed by atoms with E-state index < -0.39 is 0 Å². The number of likely N-dealkylation sites (tertiary alicyclic amines) is 1. The molecule has 30 heavy (non-hydrogen) atoms. The molecular formula is C23H24ClN3O3. The first-order chi connectivity index (χ1) is 14.6. The molecule has 0 spiro atoms. The molecule has 2 amide bonds. The number of rotatable bonds is 6. The first-order valence-corrected chi connectivity index (χ1v) is 10.5. The highest BCUT2D eigenvalue weighted by Crippen LogP contribution is 2.35. The average Bonchev–Trinajstić information content (AvgIpc) is 3.25. The molecule has 0 aliphatic carbocycles. The number of para-hydroxylation sites is 2. The summed E-state index contributed by atoms with van der Waals surface area (Å²) in [5.74, 6) is 0.140. The zero-order valence-electron chi connectivity index (χ0n) is 16.6. The van der Waals surface area contributed by atoms with Crippen molar-refractivity contribution < 1.29 is 14.3 Å². The summed E-state index contributed by atoms with van der Waals surface area (Å²) in [5, 5.41) is 3.50. The molecule has 2 heterocycles. The van der Waals surface area contributed by atoms with Crippen LogP contribution in [0.25, 0.3) is 6.08 Å². The Hall–Kier alpha value is -2.83. The minimum absolute atomic E-state index is 0.0634. The Morgan fingerprint density at radius 3 is 2.73 bits per heavy atom. The van der Waals surface area contributed by atoms with Gasteiger partial charge in [-0.3, -0.25) is 14.5 Å². The number of nitrogens with one attached hydrogen (secondary N) is 1. The summed E-state index contributed by atoms with van der Waals surface area (Å²) in [4.78, 5) is 29.4. The van der Waals surface area contributed by atoms with Gasteiger partial charge in [-0.25, -0.2) is 0 Å². The predicted molar refractivity (Wildman–Crippen MR) is 118 cm³/mol. The van der Waals surface area contributed by atoms with Crippen molar-refractivity contribution in [3.8, 4) is 5.75 Å². The second-order valence-electron chi connectivity index (χ2n) is 7.42. The lowest BCUT2D eigenvalue weighted by atomic mass is 10.1. The molecule has 2 aromatic rings. The summed E-state index contributed by atoms with van der Waals surface area (Å²) in [6, 6.07) is 14.4. The summed E-state index contributed by atoms with van der Waals surface area (Å²) in [6.45, 7) is 3.52. The Balaban J connectivity index is 1.49. The fourth-order valence-corrected chi connectivity index (χ4v) is 3.92. The van der Waals surface area contributed by atoms with Crippen molar-refractivity contribution in [3.05, 3.63) is 64.9 Å². The highest BCUT2D eigenvalue weighted by Gasteiger charge is 2.31. The summed E-state index contributed by atoms with van der Waals surface area (Å²) in [6.07, 6.45) is 4.08. The first-order valence-electron chi connectivity index (χ1n) is 10.2. The van der Waals surface area contributed by atoms with Crippen LogP contribution in [0.15, 0.2) is 54.3 Å². The summed E-state index contributed by atoms with van der Waals surface area (Å²) >= 11 is 6.05. The third-order valence-electron chi connectivity index (χ3n) is 5.23. The van der Waals surface area contributed by atoms with Gasteiger partial charge in [-0.05, 0) is 61.8 Å². The molecule has 0 unspecified atom stereocenters. The van der Waals surface area contributed by atoms with E-state index >= 15 is 0 Å². The van der Waals surface area contributed by atoms with Gasteiger partial charge in [0, 0.05) is 18.1 Å². The number of hydrogen-bond donors (Lipinski definition) is 1. The number of amides is 2. The molecular weight excluding hydrogens is 402 g/mol. The van der Waals surface area contributed by atoms with E-state index in [1.54, 1.807) is 30.3 Å². The van der Waals surface area contributed by atoms with Gasteiger partial charge in [-0.2, -0.15) is 0 Å². The molecule has 0 aromatic heterocycles. The number of ether oxygens (including phenoxy) is 1. The molecule has 1 saturated heterocycles. The highest BCUT2D eigenvalue weighted by molar-refractivity contribution is 6.30. The Morgan fingerprint density at radius 1 is 1.13 bits per heavy atom. The summed E-state index contributed by atoms with van der Waals surface area (Å²) in [5.41, 5.74) is 1.33. The molecule has 2 aliphatic heterocycles. The predicted octanol–water partition coefficient (Wildman–Crippen LogP) is 3.32. The van der Waals surface area contributed by atoms with Gasteiger partial charge in [0.15, 0.2) is 11.5 Å². The normalized spacial score (nSPS) is 17.7. The van der Waals surface area contributed by atoms with E-state index in [0.29, 0.717) is 23.0 Å². The zero-order chi connectivity index (χ0) is 20.9. The van der Waals surface area contributed by atoms with E-state index in [0.717, 1.165) is 25.2 Å². The second-order valence-corrected chi connectivity index (χ2v) is 7.86. The monoisotopic (exact) mass is 425 g/mol. The molecule has 0 radical (unpaired) electrons. The van der Waals surface area contributed by atoms with E-state index in [4.69, 9.17) is 16.3 Å². The number of nitrogens with zero attached hydrogens (tertiary/aromatic N) is 2. The number of fused-ring (bicyclic) bond motifs is 1. The first kappa shape index (κ1) is 20.4. The maximum Gasteiger partial charge on any atom is 0.294 e. The van der Waals surface area contributed by atoms with Gasteiger partial charge in [0.25, 0.3) is 5.91 Å². The van der Waals surface area contributed by atoms with Crippen LogP contribution in [0, 0.1) is 0 Å². The number of hydrogen-bond acceptors (Lipinski definition) is 4. The lowest BCUT2D eigenvalue weighted by molar-refractivity contribution is -0.123. The van der Waals surface area contributed by atoms with Gasteiger partial charge in [0.05, 0.1) is 5.69 Å². The van der Waals surface area contributed by atoms with Crippen LogP contribution < -0.4 is 15.0 Å². The van der Waals surface area contributed by atoms with Gasteiger partial charge in [0.1, 0.15) is 6.54 Å². The van der Waals surface area contributed by atoms with E-state index in [1.165, 1.54) is 17.7 Å². The zero-order valence-corrected chi connectivity index (χ0v) is 17.4. The summed E-state index contributed by atoms with van der Waals surface area (Å²) in [7, 11) is 0. The molecule has 0 bridgehead atoms. The van der Waals surface area contributed by atoms with Crippen molar-refractivity contribution in [2.24, 2.45) is 0 Å². The lowest BCUT2D eigenvalue weighted by Gasteiger charge is -2.30. The molecule has 1 N–H and O–H groups in total. The van der Waals surface area contributed by atoms with Crippen molar-refractivity contribution in [1.29, 1.82) is 0 Å². The Kier molecular flexibility index (Phi) is 6.35. The molecule has 156 valence electrons. The molecule has 4 rings (SSSR count). The molecule has 7 heteroatoms. The number of carbonyl (C=O) groups is 2. The minimum Gasteiger partial charge on any atom is -0.449 e. The Bertz CT molecular complexity index is 970. The van der Waals surface area contributed by atoms with Gasteiger partial charge in [0.2, 0.25) is 5.91 Å². The Morgan fingerprint density at radius 2 is 1.93 bits per heavy atom. The summed E-state index contributed by atoms with van der Waals surface area (Å²) < 4.78 is 5.84.